The maximum absolute atomic E-state index is 13.2. The van der Waals surface area contributed by atoms with Gasteiger partial charge in [0.05, 0.1) is 10.9 Å². The van der Waals surface area contributed by atoms with Gasteiger partial charge in [-0.2, -0.15) is 9.71 Å². The Kier molecular flexibility index (Phi) is 6.67. The van der Waals surface area contributed by atoms with Crippen molar-refractivity contribution < 1.29 is 22.1 Å². The zero-order valence-corrected chi connectivity index (χ0v) is 20.0. The Balaban J connectivity index is 1.42. The minimum Gasteiger partial charge on any atom is -0.368 e. The summed E-state index contributed by atoms with van der Waals surface area (Å²) in [6.45, 7) is 6.89. The number of hydrogen-bond acceptors (Lipinski definition) is 7. The summed E-state index contributed by atoms with van der Waals surface area (Å²) in [4.78, 5) is 20.9. The van der Waals surface area contributed by atoms with Gasteiger partial charge < -0.3 is 14.3 Å². The highest BCUT2D eigenvalue weighted by Crippen LogP contribution is 2.24. The largest absolute Gasteiger partial charge is 0.368 e. The van der Waals surface area contributed by atoms with Gasteiger partial charge in [-0.3, -0.25) is 4.79 Å². The quantitative estimate of drug-likeness (QED) is 0.569. The molecule has 0 bridgehead atoms. The van der Waals surface area contributed by atoms with Crippen LogP contribution in [0.5, 0.6) is 0 Å². The van der Waals surface area contributed by atoms with Gasteiger partial charge in [0.25, 0.3) is 0 Å². The van der Waals surface area contributed by atoms with Gasteiger partial charge in [-0.15, -0.1) is 0 Å². The van der Waals surface area contributed by atoms with Crippen LogP contribution < -0.4 is 9.62 Å². The van der Waals surface area contributed by atoms with E-state index in [0.29, 0.717) is 43.2 Å². The third-order valence-corrected chi connectivity index (χ3v) is 7.43. The van der Waals surface area contributed by atoms with Gasteiger partial charge in [0.1, 0.15) is 5.82 Å². The molecule has 1 fully saturated rings. The number of hydrogen-bond donors (Lipinski definition) is 1. The van der Waals surface area contributed by atoms with Crippen molar-refractivity contribution in [1.82, 2.24) is 19.8 Å². The normalized spacial score (nSPS) is 15.4. The maximum atomic E-state index is 13.2. The van der Waals surface area contributed by atoms with Crippen LogP contribution in [0.2, 0.25) is 0 Å². The highest BCUT2D eigenvalue weighted by molar-refractivity contribution is 7.89. The van der Waals surface area contributed by atoms with Crippen molar-refractivity contribution in [3.8, 4) is 11.4 Å². The third-order valence-electron chi connectivity index (χ3n) is 5.75. The number of halogens is 1. The number of rotatable bonds is 6. The lowest BCUT2D eigenvalue weighted by Crippen LogP contribution is -2.54. The summed E-state index contributed by atoms with van der Waals surface area (Å²) in [5.74, 6) is 0.0609. The van der Waals surface area contributed by atoms with Crippen LogP contribution in [0.4, 0.5) is 10.1 Å². The number of nitrogens with zero attached hydrogens (tertiary/aromatic N) is 4. The Morgan fingerprint density at radius 1 is 1.09 bits per heavy atom. The number of anilines is 1. The Morgan fingerprint density at radius 2 is 1.76 bits per heavy atom. The Hall–Kier alpha value is -3.31. The topological polar surface area (TPSA) is 109 Å². The first-order valence-corrected chi connectivity index (χ1v) is 12.4. The first kappa shape index (κ1) is 23.8. The van der Waals surface area contributed by atoms with Gasteiger partial charge in [0.2, 0.25) is 27.6 Å². The molecule has 0 radical (unpaired) electrons. The molecule has 2 aromatic carbocycles. The Bertz CT molecular complexity index is 1280. The lowest BCUT2D eigenvalue weighted by molar-refractivity contribution is -0.132. The maximum Gasteiger partial charge on any atom is 0.241 e. The van der Waals surface area contributed by atoms with Crippen molar-refractivity contribution in [1.29, 1.82) is 0 Å². The summed E-state index contributed by atoms with van der Waals surface area (Å²) >= 11 is 0. The standard InChI is InChI=1S/C23H26FN5O4S/c1-15-4-5-18(22-25-17(3)33-26-22)14-21(15)34(31,32)27-16(2)23(30)29-12-10-28(11-13-29)20-8-6-19(24)7-9-20/h4-9,14,16,27H,10-13H2,1-3H3/t16-/m0/s1. The average Bonchev–Trinajstić information content (AvgIpc) is 3.25. The fourth-order valence-electron chi connectivity index (χ4n) is 3.90. The molecule has 180 valence electrons. The zero-order chi connectivity index (χ0) is 24.5. The number of aryl methyl sites for hydroxylation is 2. The number of carbonyl (C=O) groups is 1. The van der Waals surface area contributed by atoms with Crippen LogP contribution >= 0.6 is 0 Å². The number of aromatic nitrogens is 2. The van der Waals surface area contributed by atoms with Gasteiger partial charge >= 0.3 is 0 Å². The minimum atomic E-state index is -3.99. The molecule has 0 saturated carbocycles. The molecule has 11 heteroatoms. The first-order valence-electron chi connectivity index (χ1n) is 10.9. The second kappa shape index (κ2) is 9.51. The van der Waals surface area contributed by atoms with Crippen molar-refractivity contribution in [2.75, 3.05) is 31.1 Å². The monoisotopic (exact) mass is 487 g/mol. The van der Waals surface area contributed by atoms with Crippen molar-refractivity contribution in [2.24, 2.45) is 0 Å². The molecule has 34 heavy (non-hydrogen) atoms. The molecule has 9 nitrogen and oxygen atoms in total. The van der Waals surface area contributed by atoms with Gasteiger partial charge in [-0.05, 0) is 49.7 Å². The molecule has 0 aliphatic carbocycles. The fourth-order valence-corrected chi connectivity index (χ4v) is 5.37. The zero-order valence-electron chi connectivity index (χ0n) is 19.2. The van der Waals surface area contributed by atoms with E-state index in [9.17, 15) is 17.6 Å². The molecular weight excluding hydrogens is 461 g/mol. The summed E-state index contributed by atoms with van der Waals surface area (Å²) in [5, 5.41) is 3.84. The van der Waals surface area contributed by atoms with Gasteiger partial charge in [-0.25, -0.2) is 12.8 Å². The van der Waals surface area contributed by atoms with E-state index in [0.717, 1.165) is 5.69 Å². The molecule has 0 unspecified atom stereocenters. The van der Waals surface area contributed by atoms with E-state index in [2.05, 4.69) is 19.8 Å². The van der Waals surface area contributed by atoms with Gasteiger partial charge in [0.15, 0.2) is 0 Å². The summed E-state index contributed by atoms with van der Waals surface area (Å²) in [6, 6.07) is 10.1. The summed E-state index contributed by atoms with van der Waals surface area (Å²) in [6.07, 6.45) is 0. The highest BCUT2D eigenvalue weighted by Gasteiger charge is 2.29. The number of benzene rings is 2. The van der Waals surface area contributed by atoms with Crippen LogP contribution in [-0.4, -0.2) is 61.6 Å². The van der Waals surface area contributed by atoms with Crippen LogP contribution in [0.3, 0.4) is 0 Å². The fraction of sp³-hybridized carbons (Fsp3) is 0.348. The molecule has 1 atom stereocenters. The van der Waals surface area contributed by atoms with E-state index >= 15 is 0 Å². The van der Waals surface area contributed by atoms with E-state index < -0.39 is 16.1 Å². The lowest BCUT2D eigenvalue weighted by atomic mass is 10.1. The smallest absolute Gasteiger partial charge is 0.241 e. The van der Waals surface area contributed by atoms with Crippen molar-refractivity contribution in [3.05, 3.63) is 59.7 Å². The van der Waals surface area contributed by atoms with Crippen LogP contribution in [0, 0.1) is 19.7 Å². The molecule has 1 aliphatic rings. The Labute approximate surface area is 197 Å². The van der Waals surface area contributed by atoms with E-state index in [-0.39, 0.29) is 22.4 Å². The van der Waals surface area contributed by atoms with Crippen LogP contribution in [0.1, 0.15) is 18.4 Å². The van der Waals surface area contributed by atoms with E-state index in [1.807, 2.05) is 0 Å². The number of nitrogens with one attached hydrogen (secondary N) is 1. The summed E-state index contributed by atoms with van der Waals surface area (Å²) in [5.41, 5.74) is 1.91. The van der Waals surface area contributed by atoms with Gasteiger partial charge in [0, 0.05) is 44.4 Å². The molecule has 1 aromatic heterocycles. The number of sulfonamides is 1. The third kappa shape index (κ3) is 5.10. The molecule has 1 amide bonds. The number of amides is 1. The summed E-state index contributed by atoms with van der Waals surface area (Å²) in [7, 11) is -3.99. The second-order valence-corrected chi connectivity index (χ2v) is 9.93. The molecule has 1 N–H and O–H groups in total. The number of piperazine rings is 1. The minimum absolute atomic E-state index is 0.0493. The van der Waals surface area contributed by atoms with E-state index in [1.54, 1.807) is 43.0 Å². The second-order valence-electron chi connectivity index (χ2n) is 8.25. The number of carbonyl (C=O) groups excluding carboxylic acids is 1. The predicted octanol–water partition coefficient (Wildman–Crippen LogP) is 2.51. The van der Waals surface area contributed by atoms with Crippen molar-refractivity contribution in [2.45, 2.75) is 31.7 Å². The van der Waals surface area contributed by atoms with Crippen LogP contribution in [-0.2, 0) is 14.8 Å². The van der Waals surface area contributed by atoms with E-state index in [4.69, 9.17) is 4.52 Å². The van der Waals surface area contributed by atoms with Crippen molar-refractivity contribution in [3.63, 3.8) is 0 Å². The molecule has 1 aliphatic heterocycles. The summed E-state index contributed by atoms with van der Waals surface area (Å²) < 4.78 is 46.9. The molecule has 1 saturated heterocycles. The predicted molar refractivity (Wildman–Crippen MR) is 124 cm³/mol. The first-order chi connectivity index (χ1) is 16.1. The van der Waals surface area contributed by atoms with Crippen LogP contribution in [0.25, 0.3) is 11.4 Å². The van der Waals surface area contributed by atoms with Crippen LogP contribution in [0.15, 0.2) is 51.9 Å². The lowest BCUT2D eigenvalue weighted by Gasteiger charge is -2.37. The molecular formula is C23H26FN5O4S. The highest BCUT2D eigenvalue weighted by atomic mass is 32.2. The SMILES string of the molecule is Cc1nc(-c2ccc(C)c(S(=O)(=O)N[C@@H](C)C(=O)N3CCN(c4ccc(F)cc4)CC3)c2)no1. The van der Waals surface area contributed by atoms with E-state index in [1.165, 1.54) is 25.1 Å². The molecule has 3 aromatic rings. The molecule has 2 heterocycles. The van der Waals surface area contributed by atoms with Gasteiger partial charge in [-0.1, -0.05) is 17.3 Å². The molecule has 0 spiro atoms. The van der Waals surface area contributed by atoms with Crippen molar-refractivity contribution >= 4 is 21.6 Å². The Morgan fingerprint density at radius 3 is 2.38 bits per heavy atom. The molecule has 4 rings (SSSR count). The average molecular weight is 488 g/mol.